The number of carbonyl (C=O) groups is 1. The summed E-state index contributed by atoms with van der Waals surface area (Å²) in [6, 6.07) is 0.214. The van der Waals surface area contributed by atoms with Gasteiger partial charge < -0.3 is 15.2 Å². The Balaban J connectivity index is 1.65. The predicted octanol–water partition coefficient (Wildman–Crippen LogP) is 0.313. The Labute approximate surface area is 115 Å². The smallest absolute Gasteiger partial charge is 0.257 e. The summed E-state index contributed by atoms with van der Waals surface area (Å²) in [5.41, 5.74) is 7.00. The minimum Gasteiger partial charge on any atom is -0.376 e. The molecule has 1 saturated heterocycles. The zero-order chi connectivity index (χ0) is 13.2. The van der Waals surface area contributed by atoms with Gasteiger partial charge >= 0.3 is 0 Å². The molecule has 19 heavy (non-hydrogen) atoms. The van der Waals surface area contributed by atoms with Gasteiger partial charge in [-0.2, -0.15) is 0 Å². The van der Waals surface area contributed by atoms with Crippen molar-refractivity contribution < 1.29 is 14.3 Å². The highest BCUT2D eigenvalue weighted by Gasteiger charge is 2.25. The molecule has 2 atom stereocenters. The monoisotopic (exact) mass is 283 g/mol. The number of hydrogen-bond donors (Lipinski definition) is 2. The second kappa shape index (κ2) is 5.54. The molecule has 0 aromatic carbocycles. The normalized spacial score (nSPS) is 26.8. The van der Waals surface area contributed by atoms with Crippen LogP contribution in [0, 0.1) is 0 Å². The number of thiazole rings is 1. The van der Waals surface area contributed by atoms with Crippen LogP contribution in [0.2, 0.25) is 0 Å². The Morgan fingerprint density at radius 1 is 1.47 bits per heavy atom. The van der Waals surface area contributed by atoms with Crippen molar-refractivity contribution in [3.8, 4) is 0 Å². The molecular formula is C12H17N3O3S. The van der Waals surface area contributed by atoms with Gasteiger partial charge in [0.15, 0.2) is 11.2 Å². The quantitative estimate of drug-likeness (QED) is 0.816. The maximum Gasteiger partial charge on any atom is 0.257 e. The van der Waals surface area contributed by atoms with Gasteiger partial charge in [0, 0.05) is 10.9 Å². The number of amides is 1. The zero-order valence-corrected chi connectivity index (χ0v) is 11.4. The van der Waals surface area contributed by atoms with Crippen LogP contribution in [0.3, 0.4) is 0 Å². The van der Waals surface area contributed by atoms with Crippen molar-refractivity contribution in [1.82, 2.24) is 4.98 Å². The van der Waals surface area contributed by atoms with Gasteiger partial charge in [-0.3, -0.25) is 10.1 Å². The molecule has 1 aromatic rings. The fraction of sp³-hybridized carbons (Fsp3) is 0.667. The third kappa shape index (κ3) is 2.94. The topological polar surface area (TPSA) is 86.5 Å². The van der Waals surface area contributed by atoms with Gasteiger partial charge in [0.05, 0.1) is 25.5 Å². The fourth-order valence-electron chi connectivity index (χ4n) is 2.28. The molecule has 1 aliphatic heterocycles. The molecular weight excluding hydrogens is 266 g/mol. The molecule has 0 bridgehead atoms. The van der Waals surface area contributed by atoms with Crippen molar-refractivity contribution in [3.05, 3.63) is 10.6 Å². The van der Waals surface area contributed by atoms with Crippen LogP contribution < -0.4 is 11.1 Å². The molecule has 7 heteroatoms. The van der Waals surface area contributed by atoms with Crippen molar-refractivity contribution in [1.29, 1.82) is 0 Å². The maximum absolute atomic E-state index is 12.0. The van der Waals surface area contributed by atoms with E-state index in [9.17, 15) is 4.79 Å². The number of nitrogens with zero attached hydrogens (tertiary/aromatic N) is 1. The predicted molar refractivity (Wildman–Crippen MR) is 71.3 cm³/mol. The number of aryl methyl sites for hydroxylation is 1. The van der Waals surface area contributed by atoms with Gasteiger partial charge in [0.1, 0.15) is 0 Å². The van der Waals surface area contributed by atoms with Gasteiger partial charge in [-0.1, -0.05) is 0 Å². The van der Waals surface area contributed by atoms with Crippen molar-refractivity contribution in [2.24, 2.45) is 5.73 Å². The van der Waals surface area contributed by atoms with E-state index in [4.69, 9.17) is 15.2 Å². The third-order valence-corrected chi connectivity index (χ3v) is 4.35. The van der Waals surface area contributed by atoms with E-state index < -0.39 is 6.10 Å². The Morgan fingerprint density at radius 2 is 2.37 bits per heavy atom. The minimum atomic E-state index is -0.531. The number of carbonyl (C=O) groups excluding carboxylic acids is 1. The standard InChI is InChI=1S/C12H17N3O3S/c13-7-1-2-8-10(5-7)19-12(14-8)15-11(16)9-6-17-3-4-18-9/h7,9H,1-6,13H2,(H,14,15,16)/t7-,9?/m0/s1. The first kappa shape index (κ1) is 13.0. The van der Waals surface area contributed by atoms with E-state index in [1.165, 1.54) is 16.2 Å². The summed E-state index contributed by atoms with van der Waals surface area (Å²) in [5.74, 6) is -0.185. The molecule has 1 aliphatic carbocycles. The third-order valence-electron chi connectivity index (χ3n) is 3.32. The van der Waals surface area contributed by atoms with E-state index in [-0.39, 0.29) is 11.9 Å². The number of hydrogen-bond acceptors (Lipinski definition) is 6. The lowest BCUT2D eigenvalue weighted by molar-refractivity contribution is -0.142. The van der Waals surface area contributed by atoms with Crippen LogP contribution in [-0.4, -0.2) is 42.9 Å². The molecule has 104 valence electrons. The molecule has 2 aliphatic rings. The Hall–Kier alpha value is -1.02. The van der Waals surface area contributed by atoms with Gasteiger partial charge in [0.25, 0.3) is 5.91 Å². The van der Waals surface area contributed by atoms with Crippen LogP contribution in [0.4, 0.5) is 5.13 Å². The summed E-state index contributed by atoms with van der Waals surface area (Å²) in [6.45, 7) is 1.32. The highest BCUT2D eigenvalue weighted by atomic mass is 32.1. The largest absolute Gasteiger partial charge is 0.376 e. The van der Waals surface area contributed by atoms with Crippen LogP contribution in [0.5, 0.6) is 0 Å². The molecule has 3 N–H and O–H groups in total. The lowest BCUT2D eigenvalue weighted by atomic mass is 9.99. The summed E-state index contributed by atoms with van der Waals surface area (Å²) < 4.78 is 10.6. The van der Waals surface area contributed by atoms with Crippen LogP contribution in [-0.2, 0) is 27.1 Å². The number of rotatable bonds is 2. The Morgan fingerprint density at radius 3 is 3.16 bits per heavy atom. The molecule has 1 fully saturated rings. The summed E-state index contributed by atoms with van der Waals surface area (Å²) in [6.07, 6.45) is 2.18. The molecule has 0 saturated carbocycles. The van der Waals surface area contributed by atoms with E-state index in [1.54, 1.807) is 0 Å². The summed E-state index contributed by atoms with van der Waals surface area (Å²) >= 11 is 1.51. The molecule has 3 rings (SSSR count). The SMILES string of the molecule is N[C@H]1CCc2nc(NC(=O)C3COCCO3)sc2C1. The Kier molecular flexibility index (Phi) is 3.79. The number of anilines is 1. The summed E-state index contributed by atoms with van der Waals surface area (Å²) in [7, 11) is 0. The molecule has 1 unspecified atom stereocenters. The van der Waals surface area contributed by atoms with Gasteiger partial charge in [0.2, 0.25) is 0 Å². The molecule has 6 nitrogen and oxygen atoms in total. The van der Waals surface area contributed by atoms with E-state index in [0.29, 0.717) is 25.0 Å². The van der Waals surface area contributed by atoms with E-state index in [1.807, 2.05) is 0 Å². The molecule has 2 heterocycles. The lowest BCUT2D eigenvalue weighted by Gasteiger charge is -2.21. The van der Waals surface area contributed by atoms with Crippen molar-refractivity contribution in [2.45, 2.75) is 31.4 Å². The van der Waals surface area contributed by atoms with E-state index >= 15 is 0 Å². The van der Waals surface area contributed by atoms with Crippen molar-refractivity contribution in [3.63, 3.8) is 0 Å². The van der Waals surface area contributed by atoms with Crippen molar-refractivity contribution in [2.75, 3.05) is 25.1 Å². The van der Waals surface area contributed by atoms with E-state index in [2.05, 4.69) is 10.3 Å². The van der Waals surface area contributed by atoms with Gasteiger partial charge in [-0.05, 0) is 19.3 Å². The van der Waals surface area contributed by atoms with Crippen LogP contribution in [0.1, 0.15) is 17.0 Å². The second-order valence-corrected chi connectivity index (χ2v) is 5.90. The number of nitrogens with one attached hydrogen (secondary N) is 1. The average Bonchev–Trinajstić information content (AvgIpc) is 2.81. The van der Waals surface area contributed by atoms with E-state index in [0.717, 1.165) is 25.0 Å². The number of nitrogens with two attached hydrogens (primary N) is 1. The molecule has 0 radical (unpaired) electrons. The molecule has 1 amide bonds. The minimum absolute atomic E-state index is 0.185. The van der Waals surface area contributed by atoms with Gasteiger partial charge in [-0.15, -0.1) is 11.3 Å². The summed E-state index contributed by atoms with van der Waals surface area (Å²) in [5, 5.41) is 3.44. The number of aromatic nitrogens is 1. The zero-order valence-electron chi connectivity index (χ0n) is 10.6. The van der Waals surface area contributed by atoms with Crippen LogP contribution >= 0.6 is 11.3 Å². The number of fused-ring (bicyclic) bond motifs is 1. The Bertz CT molecular complexity index is 471. The highest BCUT2D eigenvalue weighted by molar-refractivity contribution is 7.15. The van der Waals surface area contributed by atoms with Gasteiger partial charge in [-0.25, -0.2) is 4.98 Å². The molecule has 1 aromatic heterocycles. The first-order chi connectivity index (χ1) is 9.22. The molecule has 0 spiro atoms. The average molecular weight is 283 g/mol. The highest BCUT2D eigenvalue weighted by Crippen LogP contribution is 2.29. The fourth-order valence-corrected chi connectivity index (χ4v) is 3.38. The first-order valence-electron chi connectivity index (χ1n) is 6.47. The lowest BCUT2D eigenvalue weighted by Crippen LogP contribution is -2.39. The van der Waals surface area contributed by atoms with Crippen LogP contribution in [0.25, 0.3) is 0 Å². The number of ether oxygens (including phenoxy) is 2. The van der Waals surface area contributed by atoms with Crippen LogP contribution in [0.15, 0.2) is 0 Å². The maximum atomic E-state index is 12.0. The summed E-state index contributed by atoms with van der Waals surface area (Å²) in [4.78, 5) is 17.6. The van der Waals surface area contributed by atoms with Crippen molar-refractivity contribution >= 4 is 22.4 Å². The first-order valence-corrected chi connectivity index (χ1v) is 7.28. The second-order valence-electron chi connectivity index (χ2n) is 4.82.